The van der Waals surface area contributed by atoms with Crippen molar-refractivity contribution in [1.82, 2.24) is 4.90 Å². The van der Waals surface area contributed by atoms with E-state index >= 15 is 0 Å². The van der Waals surface area contributed by atoms with Crippen LogP contribution in [-0.4, -0.2) is 57.5 Å². The quantitative estimate of drug-likeness (QED) is 0.691. The molecule has 0 aromatic heterocycles. The summed E-state index contributed by atoms with van der Waals surface area (Å²) >= 11 is 0. The Morgan fingerprint density at radius 2 is 2.18 bits per heavy atom. The van der Waals surface area contributed by atoms with Gasteiger partial charge in [-0.2, -0.15) is 0 Å². The van der Waals surface area contributed by atoms with Crippen LogP contribution in [0.4, 0.5) is 0 Å². The molecule has 0 bridgehead atoms. The van der Waals surface area contributed by atoms with Gasteiger partial charge in [0.2, 0.25) is 0 Å². The first-order valence-electron chi connectivity index (χ1n) is 6.68. The number of nitrogens with two attached hydrogens (primary N) is 1. The number of hydrogen-bond acceptors (Lipinski definition) is 4. The van der Waals surface area contributed by atoms with E-state index in [1.54, 1.807) is 7.11 Å². The molecule has 2 N–H and O–H groups in total. The van der Waals surface area contributed by atoms with Gasteiger partial charge in [-0.3, -0.25) is 4.90 Å². The van der Waals surface area contributed by atoms with Crippen LogP contribution in [0, 0.1) is 11.8 Å². The fourth-order valence-electron chi connectivity index (χ4n) is 2.33. The van der Waals surface area contributed by atoms with Gasteiger partial charge in [0, 0.05) is 45.3 Å². The van der Waals surface area contributed by atoms with Crippen LogP contribution in [0.2, 0.25) is 0 Å². The molecule has 4 nitrogen and oxygen atoms in total. The van der Waals surface area contributed by atoms with Gasteiger partial charge in [0.1, 0.15) is 0 Å². The van der Waals surface area contributed by atoms with Crippen LogP contribution in [0.5, 0.6) is 0 Å². The minimum atomic E-state index is 0.230. The molecule has 2 atom stereocenters. The molecule has 1 fully saturated rings. The van der Waals surface area contributed by atoms with E-state index < -0.39 is 0 Å². The van der Waals surface area contributed by atoms with E-state index in [-0.39, 0.29) is 6.04 Å². The topological polar surface area (TPSA) is 47.7 Å². The van der Waals surface area contributed by atoms with E-state index in [1.807, 2.05) is 0 Å². The van der Waals surface area contributed by atoms with Gasteiger partial charge in [0.25, 0.3) is 0 Å². The minimum Gasteiger partial charge on any atom is -0.383 e. The molecule has 1 heterocycles. The smallest absolute Gasteiger partial charge is 0.0589 e. The van der Waals surface area contributed by atoms with Crippen LogP contribution in [0.25, 0.3) is 0 Å². The number of ether oxygens (including phenoxy) is 2. The molecule has 0 aromatic carbocycles. The zero-order valence-corrected chi connectivity index (χ0v) is 11.5. The Bertz CT molecular complexity index is 194. The average Bonchev–Trinajstić information content (AvgIpc) is 2.78. The molecule has 102 valence electrons. The molecular weight excluding hydrogens is 216 g/mol. The Labute approximate surface area is 105 Å². The van der Waals surface area contributed by atoms with Gasteiger partial charge in [-0.1, -0.05) is 13.8 Å². The summed E-state index contributed by atoms with van der Waals surface area (Å²) in [4.78, 5) is 2.41. The van der Waals surface area contributed by atoms with Crippen LogP contribution in [0.15, 0.2) is 0 Å². The minimum absolute atomic E-state index is 0.230. The molecule has 0 spiro atoms. The molecular formula is C13H28N2O2. The van der Waals surface area contributed by atoms with Gasteiger partial charge >= 0.3 is 0 Å². The first-order valence-corrected chi connectivity index (χ1v) is 6.68. The lowest BCUT2D eigenvalue weighted by atomic mass is 9.99. The van der Waals surface area contributed by atoms with Gasteiger partial charge in [0.05, 0.1) is 13.2 Å². The molecule has 0 amide bonds. The van der Waals surface area contributed by atoms with Crippen molar-refractivity contribution in [2.45, 2.75) is 26.3 Å². The average molecular weight is 244 g/mol. The zero-order chi connectivity index (χ0) is 12.7. The van der Waals surface area contributed by atoms with Gasteiger partial charge in [-0.15, -0.1) is 0 Å². The Kier molecular flexibility index (Phi) is 7.04. The second kappa shape index (κ2) is 8.03. The van der Waals surface area contributed by atoms with Crippen molar-refractivity contribution in [3.05, 3.63) is 0 Å². The second-order valence-electron chi connectivity index (χ2n) is 5.43. The van der Waals surface area contributed by atoms with Gasteiger partial charge in [0.15, 0.2) is 0 Å². The molecule has 1 aliphatic rings. The van der Waals surface area contributed by atoms with E-state index in [1.165, 1.54) is 0 Å². The Hall–Kier alpha value is -0.160. The summed E-state index contributed by atoms with van der Waals surface area (Å²) in [6, 6.07) is 0.230. The lowest BCUT2D eigenvalue weighted by Crippen LogP contribution is -2.44. The summed E-state index contributed by atoms with van der Waals surface area (Å²) in [6.07, 6.45) is 1.11. The second-order valence-corrected chi connectivity index (χ2v) is 5.43. The maximum atomic E-state index is 6.26. The van der Waals surface area contributed by atoms with Crippen molar-refractivity contribution >= 4 is 0 Å². The fraction of sp³-hybridized carbons (Fsp3) is 1.00. The highest BCUT2D eigenvalue weighted by Crippen LogP contribution is 2.16. The predicted molar refractivity (Wildman–Crippen MR) is 70.1 cm³/mol. The molecule has 1 aliphatic heterocycles. The molecule has 0 radical (unpaired) electrons. The molecule has 17 heavy (non-hydrogen) atoms. The van der Waals surface area contributed by atoms with Crippen molar-refractivity contribution in [2.24, 2.45) is 17.6 Å². The molecule has 0 saturated carbocycles. The molecule has 0 aliphatic carbocycles. The van der Waals surface area contributed by atoms with Gasteiger partial charge in [-0.25, -0.2) is 0 Å². The lowest BCUT2D eigenvalue weighted by molar-refractivity contribution is 0.125. The monoisotopic (exact) mass is 244 g/mol. The zero-order valence-electron chi connectivity index (χ0n) is 11.5. The third kappa shape index (κ3) is 5.82. The number of methoxy groups -OCH3 is 1. The van der Waals surface area contributed by atoms with E-state index in [9.17, 15) is 0 Å². The molecule has 1 saturated heterocycles. The number of hydrogen-bond donors (Lipinski definition) is 1. The van der Waals surface area contributed by atoms with E-state index in [2.05, 4.69) is 18.7 Å². The van der Waals surface area contributed by atoms with E-state index in [4.69, 9.17) is 15.2 Å². The molecule has 4 heteroatoms. The lowest BCUT2D eigenvalue weighted by Gasteiger charge is -2.29. The summed E-state index contributed by atoms with van der Waals surface area (Å²) in [6.45, 7) is 9.98. The highest BCUT2D eigenvalue weighted by atomic mass is 16.5. The van der Waals surface area contributed by atoms with Crippen molar-refractivity contribution in [3.63, 3.8) is 0 Å². The van der Waals surface area contributed by atoms with Crippen molar-refractivity contribution in [3.8, 4) is 0 Å². The van der Waals surface area contributed by atoms with E-state index in [0.29, 0.717) is 11.8 Å². The van der Waals surface area contributed by atoms with Crippen LogP contribution < -0.4 is 5.73 Å². The Morgan fingerprint density at radius 1 is 1.41 bits per heavy atom. The first-order chi connectivity index (χ1) is 8.13. The van der Waals surface area contributed by atoms with Gasteiger partial charge < -0.3 is 15.2 Å². The Balaban J connectivity index is 2.34. The maximum absolute atomic E-state index is 6.26. The number of rotatable bonds is 8. The normalized spacial score (nSPS) is 22.6. The standard InChI is InChI=1S/C13H28N2O2/c1-11(2)8-15(5-7-16-3)9-13(14)12-4-6-17-10-12/h11-13H,4-10,14H2,1-3H3. The molecule has 2 unspecified atom stereocenters. The third-order valence-electron chi connectivity index (χ3n) is 3.27. The number of nitrogens with zero attached hydrogens (tertiary/aromatic N) is 1. The van der Waals surface area contributed by atoms with E-state index in [0.717, 1.165) is 45.9 Å². The summed E-state index contributed by atoms with van der Waals surface area (Å²) < 4.78 is 10.6. The van der Waals surface area contributed by atoms with Crippen molar-refractivity contribution in [1.29, 1.82) is 0 Å². The highest BCUT2D eigenvalue weighted by Gasteiger charge is 2.24. The summed E-state index contributed by atoms with van der Waals surface area (Å²) in [5, 5.41) is 0. The predicted octanol–water partition coefficient (Wildman–Crippen LogP) is 0.955. The molecule has 0 aromatic rings. The van der Waals surface area contributed by atoms with Crippen LogP contribution in [-0.2, 0) is 9.47 Å². The van der Waals surface area contributed by atoms with Crippen LogP contribution in [0.3, 0.4) is 0 Å². The van der Waals surface area contributed by atoms with Crippen LogP contribution >= 0.6 is 0 Å². The van der Waals surface area contributed by atoms with Crippen LogP contribution in [0.1, 0.15) is 20.3 Å². The maximum Gasteiger partial charge on any atom is 0.0589 e. The van der Waals surface area contributed by atoms with Crippen molar-refractivity contribution in [2.75, 3.05) is 46.6 Å². The molecule has 1 rings (SSSR count). The largest absolute Gasteiger partial charge is 0.383 e. The fourth-order valence-corrected chi connectivity index (χ4v) is 2.33. The summed E-state index contributed by atoms with van der Waals surface area (Å²) in [7, 11) is 1.75. The Morgan fingerprint density at radius 3 is 2.71 bits per heavy atom. The first kappa shape index (κ1) is 14.9. The highest BCUT2D eigenvalue weighted by molar-refractivity contribution is 4.79. The van der Waals surface area contributed by atoms with Gasteiger partial charge in [-0.05, 0) is 12.3 Å². The summed E-state index contributed by atoms with van der Waals surface area (Å²) in [5.41, 5.74) is 6.26. The SMILES string of the molecule is COCCN(CC(C)C)CC(N)C1CCOC1. The van der Waals surface area contributed by atoms with Crippen molar-refractivity contribution < 1.29 is 9.47 Å². The summed E-state index contributed by atoms with van der Waals surface area (Å²) in [5.74, 6) is 1.20. The third-order valence-corrected chi connectivity index (χ3v) is 3.27.